The molecule has 2 aliphatic rings. The molecule has 9 aromatic rings. The van der Waals surface area contributed by atoms with Gasteiger partial charge in [-0.25, -0.2) is 0 Å². The van der Waals surface area contributed by atoms with Crippen molar-refractivity contribution in [2.75, 3.05) is 0 Å². The molecule has 2 heterocycles. The fourth-order valence-corrected chi connectivity index (χ4v) is 18.5. The Morgan fingerprint density at radius 3 is 1.09 bits per heavy atom. The van der Waals surface area contributed by atoms with Gasteiger partial charge < -0.3 is 0 Å². The maximum absolute atomic E-state index is 2.62. The molecule has 0 nitrogen and oxygen atoms in total. The number of fused-ring (bicyclic) bond motifs is 12. The molecule has 0 bridgehead atoms. The van der Waals surface area contributed by atoms with Crippen LogP contribution in [0.1, 0.15) is 0 Å². The average molecular weight is 721 g/mol. The van der Waals surface area contributed by atoms with Crippen molar-refractivity contribution in [2.45, 2.75) is 26.2 Å². The first-order valence-corrected chi connectivity index (χ1v) is 25.3. The van der Waals surface area contributed by atoms with E-state index in [4.69, 9.17) is 0 Å². The molecule has 0 N–H and O–H groups in total. The molecule has 0 unspecified atom stereocenters. The number of benzene rings is 9. The minimum atomic E-state index is -2.11. The van der Waals surface area contributed by atoms with Crippen LogP contribution >= 0.6 is 0 Å². The van der Waals surface area contributed by atoms with Crippen molar-refractivity contribution in [3.8, 4) is 55.6 Å². The van der Waals surface area contributed by atoms with Gasteiger partial charge in [0, 0.05) is 0 Å². The topological polar surface area (TPSA) is 0 Å². The largest absolute Gasteiger partial charge is 0.113 e. The SMILES string of the molecule is C[Si]1(C)c2cc(-c3ccc(-c4ccc5ccccc5c4)cc3)ccc2-c2c1c1c(c3ccccc23)-c2ccc(-c3ccc4ccccc4c3)cc2[Si]1(C)C. The van der Waals surface area contributed by atoms with Gasteiger partial charge in [-0.15, -0.1) is 0 Å². The third-order valence-electron chi connectivity index (χ3n) is 12.8. The maximum atomic E-state index is 2.62. The Morgan fingerprint density at radius 1 is 0.296 bits per heavy atom. The second kappa shape index (κ2) is 11.4. The van der Waals surface area contributed by atoms with E-state index in [-0.39, 0.29) is 0 Å². The standard InChI is InChI=1S/C52H40Si2/c1-53(2)47-31-41(36-19-17-35(18-20-36)39-23-21-33-11-5-7-13-37(33)29-39)25-27-45(47)49-43-15-9-10-16-44(43)50-46-28-26-42(32-48(46)54(3,4)52(50)51(49)53)40-24-22-34-12-6-8-14-38(34)30-40/h5-32H,1-4H3. The summed E-state index contributed by atoms with van der Waals surface area (Å²) in [7, 11) is -4.21. The minimum absolute atomic E-state index is 1.25. The molecule has 0 aromatic heterocycles. The summed E-state index contributed by atoms with van der Waals surface area (Å²) in [5.41, 5.74) is 13.7. The second-order valence-electron chi connectivity index (χ2n) is 16.5. The molecule has 9 aromatic carbocycles. The first-order chi connectivity index (χ1) is 26.3. The number of hydrogen-bond donors (Lipinski definition) is 0. The number of hydrogen-bond acceptors (Lipinski definition) is 0. The lowest BCUT2D eigenvalue weighted by Crippen LogP contribution is -2.63. The van der Waals surface area contributed by atoms with Crippen LogP contribution < -0.4 is 20.7 Å². The van der Waals surface area contributed by atoms with Crippen molar-refractivity contribution in [3.05, 3.63) is 170 Å². The molecule has 0 radical (unpaired) electrons. The highest BCUT2D eigenvalue weighted by molar-refractivity contribution is 7.13. The molecule has 256 valence electrons. The molecule has 54 heavy (non-hydrogen) atoms. The van der Waals surface area contributed by atoms with Gasteiger partial charge in [-0.2, -0.15) is 0 Å². The Bertz CT molecular complexity index is 3040. The van der Waals surface area contributed by atoms with E-state index >= 15 is 0 Å². The molecule has 0 atom stereocenters. The van der Waals surface area contributed by atoms with Gasteiger partial charge >= 0.3 is 0 Å². The smallest absolute Gasteiger partial charge is 0.0616 e. The van der Waals surface area contributed by atoms with Gasteiger partial charge in [0.1, 0.15) is 16.1 Å². The minimum Gasteiger partial charge on any atom is -0.0616 e. The van der Waals surface area contributed by atoms with Crippen LogP contribution in [0.4, 0.5) is 0 Å². The van der Waals surface area contributed by atoms with E-state index in [0.29, 0.717) is 0 Å². The lowest BCUT2D eigenvalue weighted by Gasteiger charge is -2.29. The van der Waals surface area contributed by atoms with Crippen molar-refractivity contribution < 1.29 is 0 Å². The highest BCUT2D eigenvalue weighted by Gasteiger charge is 2.49. The fraction of sp³-hybridized carbons (Fsp3) is 0.0769. The van der Waals surface area contributed by atoms with E-state index in [0.717, 1.165) is 0 Å². The number of rotatable bonds is 3. The van der Waals surface area contributed by atoms with Gasteiger partial charge in [0.05, 0.1) is 0 Å². The molecule has 0 saturated carbocycles. The summed E-state index contributed by atoms with van der Waals surface area (Å²) < 4.78 is 0. The molecule has 11 rings (SSSR count). The van der Waals surface area contributed by atoms with Crippen LogP contribution in [-0.4, -0.2) is 16.1 Å². The quantitative estimate of drug-likeness (QED) is 0.159. The maximum Gasteiger partial charge on any atom is 0.113 e. The van der Waals surface area contributed by atoms with Gasteiger partial charge in [-0.3, -0.25) is 0 Å². The molecule has 2 aliphatic heterocycles. The van der Waals surface area contributed by atoms with Gasteiger partial charge in [-0.1, -0.05) is 184 Å². The van der Waals surface area contributed by atoms with E-state index < -0.39 is 16.1 Å². The van der Waals surface area contributed by atoms with Crippen LogP contribution in [0.15, 0.2) is 170 Å². The monoisotopic (exact) mass is 720 g/mol. The van der Waals surface area contributed by atoms with Crippen molar-refractivity contribution in [1.82, 2.24) is 0 Å². The Kier molecular flexibility index (Phi) is 6.66. The third-order valence-corrected chi connectivity index (χ3v) is 20.0. The van der Waals surface area contributed by atoms with Crippen molar-refractivity contribution in [1.29, 1.82) is 0 Å². The zero-order valence-electron chi connectivity index (χ0n) is 31.2. The molecule has 0 amide bonds. The van der Waals surface area contributed by atoms with Crippen molar-refractivity contribution in [2.24, 2.45) is 0 Å². The zero-order chi connectivity index (χ0) is 36.3. The van der Waals surface area contributed by atoms with E-state index in [2.05, 4.69) is 196 Å². The molecule has 0 fully saturated rings. The summed E-state index contributed by atoms with van der Waals surface area (Å²) in [5, 5.41) is 14.5. The van der Waals surface area contributed by atoms with E-state index in [1.165, 1.54) is 88.0 Å². The molecule has 0 aliphatic carbocycles. The molecule has 0 spiro atoms. The Hall–Kier alpha value is -5.81. The Morgan fingerprint density at radius 2 is 0.630 bits per heavy atom. The van der Waals surface area contributed by atoms with Gasteiger partial charge in [-0.05, 0) is 121 Å². The third kappa shape index (κ3) is 4.48. The lowest BCUT2D eigenvalue weighted by atomic mass is 9.90. The van der Waals surface area contributed by atoms with Crippen LogP contribution in [0, 0.1) is 0 Å². The molecule has 2 heteroatoms. The molecule has 0 saturated heterocycles. The van der Waals surface area contributed by atoms with Crippen LogP contribution in [0.2, 0.25) is 26.2 Å². The summed E-state index contributed by atoms with van der Waals surface area (Å²) >= 11 is 0. The van der Waals surface area contributed by atoms with Crippen LogP contribution in [0.3, 0.4) is 0 Å². The lowest BCUT2D eigenvalue weighted by molar-refractivity contribution is 1.61. The summed E-state index contributed by atoms with van der Waals surface area (Å²) in [6.45, 7) is 10.5. The predicted molar refractivity (Wildman–Crippen MR) is 240 cm³/mol. The summed E-state index contributed by atoms with van der Waals surface area (Å²) in [5.74, 6) is 0. The normalized spacial score (nSPS) is 14.6. The Labute approximate surface area is 319 Å². The van der Waals surface area contributed by atoms with Gasteiger partial charge in [0.25, 0.3) is 0 Å². The van der Waals surface area contributed by atoms with Crippen molar-refractivity contribution >= 4 is 69.2 Å². The van der Waals surface area contributed by atoms with Gasteiger partial charge in [0.2, 0.25) is 0 Å². The highest BCUT2D eigenvalue weighted by atomic mass is 28.3. The highest BCUT2D eigenvalue weighted by Crippen LogP contribution is 2.43. The zero-order valence-corrected chi connectivity index (χ0v) is 33.2. The van der Waals surface area contributed by atoms with Crippen LogP contribution in [0.5, 0.6) is 0 Å². The van der Waals surface area contributed by atoms with Crippen LogP contribution in [-0.2, 0) is 0 Å². The van der Waals surface area contributed by atoms with Crippen LogP contribution in [0.25, 0.3) is 88.0 Å². The first kappa shape index (κ1) is 31.7. The summed E-state index contributed by atoms with van der Waals surface area (Å²) in [6.07, 6.45) is 0. The predicted octanol–water partition coefficient (Wildman–Crippen LogP) is 11.8. The Balaban J connectivity index is 1.04. The van der Waals surface area contributed by atoms with Crippen molar-refractivity contribution in [3.63, 3.8) is 0 Å². The van der Waals surface area contributed by atoms with Gasteiger partial charge in [0.15, 0.2) is 0 Å². The van der Waals surface area contributed by atoms with E-state index in [1.807, 2.05) is 0 Å². The fourth-order valence-electron chi connectivity index (χ4n) is 10.0. The second-order valence-corrected chi connectivity index (χ2v) is 25.1. The summed E-state index contributed by atoms with van der Waals surface area (Å²) in [4.78, 5) is 0. The van der Waals surface area contributed by atoms with E-state index in [1.54, 1.807) is 20.7 Å². The summed E-state index contributed by atoms with van der Waals surface area (Å²) in [6, 6.07) is 64.3. The van der Waals surface area contributed by atoms with E-state index in [9.17, 15) is 0 Å². The molecular weight excluding hydrogens is 681 g/mol. The molecular formula is C52H40Si2. The first-order valence-electron chi connectivity index (χ1n) is 19.3. The average Bonchev–Trinajstić information content (AvgIpc) is 3.59.